The van der Waals surface area contributed by atoms with E-state index < -0.39 is 30.1 Å². The summed E-state index contributed by atoms with van der Waals surface area (Å²) in [4.78, 5) is 25.5. The van der Waals surface area contributed by atoms with Gasteiger partial charge in [-0.25, -0.2) is 4.79 Å². The molecule has 1 fully saturated rings. The molecule has 1 aromatic rings. The highest BCUT2D eigenvalue weighted by Gasteiger charge is 2.38. The van der Waals surface area contributed by atoms with Gasteiger partial charge >= 0.3 is 11.7 Å². The van der Waals surface area contributed by atoms with Crippen molar-refractivity contribution in [3.63, 3.8) is 0 Å². The van der Waals surface area contributed by atoms with Gasteiger partial charge in [0, 0.05) is 25.1 Å². The Morgan fingerprint density at radius 3 is 3.00 bits per heavy atom. The van der Waals surface area contributed by atoms with Gasteiger partial charge in [-0.15, -0.1) is 0 Å². The van der Waals surface area contributed by atoms with Gasteiger partial charge < -0.3 is 14.6 Å². The van der Waals surface area contributed by atoms with E-state index in [1.807, 2.05) is 0 Å². The Bertz CT molecular complexity index is 623. The Balaban J connectivity index is 2.27. The van der Waals surface area contributed by atoms with E-state index in [-0.39, 0.29) is 6.61 Å². The second kappa shape index (κ2) is 5.86. The summed E-state index contributed by atoms with van der Waals surface area (Å²) in [5.41, 5.74) is 0.338. The molecule has 1 aliphatic rings. The minimum Gasteiger partial charge on any atom is -0.460 e. The first-order valence-electron chi connectivity index (χ1n) is 6.18. The fraction of sp³-hybridized carbons (Fsp3) is 0.583. The van der Waals surface area contributed by atoms with Gasteiger partial charge in [0.15, 0.2) is 0 Å². The molecule has 0 saturated carbocycles. The lowest BCUT2D eigenvalue weighted by Gasteiger charge is -2.15. The maximum Gasteiger partial charge on any atom is 0.328 e. The lowest BCUT2D eigenvalue weighted by atomic mass is 10.2. The van der Waals surface area contributed by atoms with Crippen LogP contribution in [0, 0.1) is 11.6 Å². The van der Waals surface area contributed by atoms with Crippen molar-refractivity contribution in [2.45, 2.75) is 38.7 Å². The summed E-state index contributed by atoms with van der Waals surface area (Å²) in [5, 5.41) is 9.25. The van der Waals surface area contributed by atoms with Gasteiger partial charge in [-0.05, 0) is 6.92 Å². The molecule has 3 atom stereocenters. The van der Waals surface area contributed by atoms with E-state index in [1.165, 1.54) is 11.5 Å². The van der Waals surface area contributed by atoms with Crippen LogP contribution in [0.25, 0.3) is 0 Å². The van der Waals surface area contributed by atoms with Crippen LogP contribution in [0.3, 0.4) is 0 Å². The second-order valence-corrected chi connectivity index (χ2v) is 5.08. The Labute approximate surface area is 120 Å². The highest BCUT2D eigenvalue weighted by Crippen LogP contribution is 2.29. The second-order valence-electron chi connectivity index (χ2n) is 4.67. The van der Waals surface area contributed by atoms with Gasteiger partial charge in [0.1, 0.15) is 23.1 Å². The number of aliphatic hydroxyl groups is 1. The molecule has 2 N–H and O–H groups in total. The molecule has 20 heavy (non-hydrogen) atoms. The highest BCUT2D eigenvalue weighted by molar-refractivity contribution is 7.71. The van der Waals surface area contributed by atoms with Crippen LogP contribution in [0.5, 0.6) is 0 Å². The number of esters is 1. The molecule has 0 bridgehead atoms. The van der Waals surface area contributed by atoms with Gasteiger partial charge in [0.05, 0.1) is 6.61 Å². The SMILES string of the molecule is CC(=O)O[C@H]1C[C@H](n2cc(C)c(=S)[nH]c2=O)O[C@@H]1CO. The first-order valence-corrected chi connectivity index (χ1v) is 6.58. The number of nitrogens with one attached hydrogen (secondary N) is 1. The van der Waals surface area contributed by atoms with Crippen LogP contribution >= 0.6 is 12.2 Å². The zero-order chi connectivity index (χ0) is 14.9. The number of aliphatic hydroxyl groups excluding tert-OH is 1. The van der Waals surface area contributed by atoms with Crippen molar-refractivity contribution in [3.8, 4) is 0 Å². The van der Waals surface area contributed by atoms with E-state index in [2.05, 4.69) is 4.98 Å². The Kier molecular flexibility index (Phi) is 4.36. The topological polar surface area (TPSA) is 93.6 Å². The number of hydrogen-bond acceptors (Lipinski definition) is 6. The lowest BCUT2D eigenvalue weighted by molar-refractivity contribution is -0.150. The third kappa shape index (κ3) is 2.97. The molecular formula is C12H16N2O5S. The Morgan fingerprint density at radius 2 is 2.40 bits per heavy atom. The van der Waals surface area contributed by atoms with Gasteiger partial charge in [-0.1, -0.05) is 12.2 Å². The number of H-pyrrole nitrogens is 1. The molecule has 1 saturated heterocycles. The van der Waals surface area contributed by atoms with Crippen LogP contribution in [0.1, 0.15) is 25.1 Å². The average molecular weight is 300 g/mol. The minimum absolute atomic E-state index is 0.287. The number of hydrogen-bond donors (Lipinski definition) is 2. The van der Waals surface area contributed by atoms with Gasteiger partial charge in [-0.2, -0.15) is 0 Å². The molecule has 7 nitrogen and oxygen atoms in total. The number of rotatable bonds is 3. The van der Waals surface area contributed by atoms with Gasteiger partial charge in [-0.3, -0.25) is 14.3 Å². The van der Waals surface area contributed by atoms with Crippen LogP contribution < -0.4 is 5.69 Å². The van der Waals surface area contributed by atoms with Crippen molar-refractivity contribution in [1.29, 1.82) is 0 Å². The van der Waals surface area contributed by atoms with Crippen molar-refractivity contribution >= 4 is 18.2 Å². The molecule has 0 spiro atoms. The molecule has 1 aromatic heterocycles. The average Bonchev–Trinajstić information content (AvgIpc) is 2.75. The van der Waals surface area contributed by atoms with Gasteiger partial charge in [0.25, 0.3) is 0 Å². The number of aromatic amines is 1. The minimum atomic E-state index is -0.640. The summed E-state index contributed by atoms with van der Waals surface area (Å²) < 4.78 is 12.4. The van der Waals surface area contributed by atoms with Crippen LogP contribution in [-0.2, 0) is 14.3 Å². The predicted molar refractivity (Wildman–Crippen MR) is 71.8 cm³/mol. The molecule has 2 rings (SSSR count). The molecule has 0 unspecified atom stereocenters. The van der Waals surface area contributed by atoms with E-state index in [0.29, 0.717) is 11.1 Å². The van der Waals surface area contributed by atoms with Crippen molar-refractivity contribution in [2.24, 2.45) is 0 Å². The molecule has 0 amide bonds. The van der Waals surface area contributed by atoms with E-state index in [0.717, 1.165) is 5.56 Å². The van der Waals surface area contributed by atoms with E-state index in [9.17, 15) is 14.7 Å². The van der Waals surface area contributed by atoms with E-state index >= 15 is 0 Å². The number of nitrogens with zero attached hydrogens (tertiary/aromatic N) is 1. The summed E-state index contributed by atoms with van der Waals surface area (Å²) in [6.45, 7) is 2.78. The van der Waals surface area contributed by atoms with Crippen molar-refractivity contribution in [3.05, 3.63) is 26.9 Å². The lowest BCUT2D eigenvalue weighted by Crippen LogP contribution is -2.29. The smallest absolute Gasteiger partial charge is 0.328 e. The summed E-state index contributed by atoms with van der Waals surface area (Å²) in [7, 11) is 0. The van der Waals surface area contributed by atoms with E-state index in [1.54, 1.807) is 13.1 Å². The normalized spacial score (nSPS) is 25.6. The maximum absolute atomic E-state index is 11.9. The summed E-state index contributed by atoms with van der Waals surface area (Å²) in [5.74, 6) is -0.450. The third-order valence-corrected chi connectivity index (χ3v) is 3.56. The standard InChI is InChI=1S/C12H16N2O5S/c1-6-4-14(12(17)13-11(6)20)10-3-8(18-7(2)16)9(5-15)19-10/h4,8-10,15H,3,5H2,1-2H3,(H,13,17,20)/t8-,9+,10+/m0/s1. The first kappa shape index (κ1) is 14.9. The molecular weight excluding hydrogens is 284 g/mol. The summed E-state index contributed by atoms with van der Waals surface area (Å²) >= 11 is 4.98. The van der Waals surface area contributed by atoms with Crippen LogP contribution in [0.15, 0.2) is 11.0 Å². The highest BCUT2D eigenvalue weighted by atomic mass is 32.1. The van der Waals surface area contributed by atoms with Crippen molar-refractivity contribution in [2.75, 3.05) is 6.61 Å². The third-order valence-electron chi connectivity index (χ3n) is 3.13. The summed E-state index contributed by atoms with van der Waals surface area (Å²) in [6.07, 6.45) is 0.0808. The molecule has 1 aliphatic heterocycles. The molecule has 110 valence electrons. The monoisotopic (exact) mass is 300 g/mol. The largest absolute Gasteiger partial charge is 0.460 e. The number of ether oxygens (including phenoxy) is 2. The van der Waals surface area contributed by atoms with Crippen molar-refractivity contribution < 1.29 is 19.4 Å². The molecule has 0 radical (unpaired) electrons. The maximum atomic E-state index is 11.9. The molecule has 0 aliphatic carbocycles. The zero-order valence-corrected chi connectivity index (χ0v) is 12.0. The first-order chi connectivity index (χ1) is 9.42. The molecule has 2 heterocycles. The fourth-order valence-corrected chi connectivity index (χ4v) is 2.31. The number of carbonyl (C=O) groups excluding carboxylic acids is 1. The zero-order valence-electron chi connectivity index (χ0n) is 11.2. The fourth-order valence-electron chi connectivity index (χ4n) is 2.17. The number of aryl methyl sites for hydroxylation is 1. The van der Waals surface area contributed by atoms with Gasteiger partial charge in [0.2, 0.25) is 0 Å². The van der Waals surface area contributed by atoms with Crippen LogP contribution in [0.2, 0.25) is 0 Å². The number of carbonyl (C=O) groups is 1. The van der Waals surface area contributed by atoms with Crippen molar-refractivity contribution in [1.82, 2.24) is 9.55 Å². The van der Waals surface area contributed by atoms with Crippen LogP contribution in [0.4, 0.5) is 0 Å². The Hall–Kier alpha value is -1.51. The van der Waals surface area contributed by atoms with Crippen LogP contribution in [-0.4, -0.2) is 39.4 Å². The predicted octanol–water partition coefficient (Wildman–Crippen LogP) is 0.426. The molecule has 8 heteroatoms. The summed E-state index contributed by atoms with van der Waals surface area (Å²) in [6, 6.07) is 0. The van der Waals surface area contributed by atoms with E-state index in [4.69, 9.17) is 21.7 Å². The molecule has 0 aromatic carbocycles. The number of aromatic nitrogens is 2. The quantitative estimate of drug-likeness (QED) is 0.621. The Morgan fingerprint density at radius 1 is 1.70 bits per heavy atom.